The summed E-state index contributed by atoms with van der Waals surface area (Å²) in [6, 6.07) is 3.76. The van der Waals surface area contributed by atoms with Crippen molar-refractivity contribution in [3.63, 3.8) is 0 Å². The molecule has 2 rings (SSSR count). The number of sulfone groups is 2. The van der Waals surface area contributed by atoms with Crippen LogP contribution in [-0.2, 0) is 19.7 Å². The highest BCUT2D eigenvalue weighted by molar-refractivity contribution is 7.96. The maximum atomic E-state index is 12.8. The van der Waals surface area contributed by atoms with Gasteiger partial charge in [0, 0.05) is 6.04 Å². The Hall–Kier alpha value is -0.990. The van der Waals surface area contributed by atoms with Gasteiger partial charge in [0.15, 0.2) is 19.7 Å². The van der Waals surface area contributed by atoms with Crippen LogP contribution in [0.3, 0.4) is 0 Å². The van der Waals surface area contributed by atoms with Gasteiger partial charge in [-0.3, -0.25) is 0 Å². The fraction of sp³-hybridized carbons (Fsp3) is 0.455. The van der Waals surface area contributed by atoms with Gasteiger partial charge in [-0.2, -0.15) is 0 Å². The minimum atomic E-state index is -3.80. The molecule has 0 aromatic heterocycles. The van der Waals surface area contributed by atoms with E-state index >= 15 is 0 Å². The van der Waals surface area contributed by atoms with Gasteiger partial charge in [0.2, 0.25) is 0 Å². The van der Waals surface area contributed by atoms with Crippen LogP contribution in [0.2, 0.25) is 0 Å². The van der Waals surface area contributed by atoms with Crippen molar-refractivity contribution < 1.29 is 21.2 Å². The standard InChI is InChI=1S/C11H14FNO4S2/c1-13-10-6-18(14,15)7-11(10)19(16,17)9-4-2-8(12)3-5-9/h2-5,10-11,13H,6-7H2,1H3/t10-,11-/m1/s1. The zero-order valence-corrected chi connectivity index (χ0v) is 11.8. The molecule has 0 spiro atoms. The molecule has 1 heterocycles. The Morgan fingerprint density at radius 3 is 2.32 bits per heavy atom. The second-order valence-electron chi connectivity index (χ2n) is 4.51. The van der Waals surface area contributed by atoms with Gasteiger partial charge in [-0.1, -0.05) is 0 Å². The molecule has 106 valence electrons. The summed E-state index contributed by atoms with van der Waals surface area (Å²) in [5.74, 6) is -1.14. The molecule has 1 aliphatic rings. The first kappa shape index (κ1) is 14.4. The maximum absolute atomic E-state index is 12.8. The highest BCUT2D eigenvalue weighted by Gasteiger charge is 2.45. The van der Waals surface area contributed by atoms with Gasteiger partial charge in [-0.25, -0.2) is 21.2 Å². The van der Waals surface area contributed by atoms with Crippen LogP contribution in [0.5, 0.6) is 0 Å². The molecule has 0 amide bonds. The summed E-state index contributed by atoms with van der Waals surface area (Å²) in [7, 11) is -5.64. The summed E-state index contributed by atoms with van der Waals surface area (Å²) in [6.45, 7) is 0. The molecule has 8 heteroatoms. The van der Waals surface area contributed by atoms with E-state index in [4.69, 9.17) is 0 Å². The van der Waals surface area contributed by atoms with Gasteiger partial charge in [0.1, 0.15) is 5.82 Å². The average molecular weight is 307 g/mol. The monoisotopic (exact) mass is 307 g/mol. The first-order chi connectivity index (χ1) is 8.76. The van der Waals surface area contributed by atoms with Crippen LogP contribution < -0.4 is 5.32 Å². The third kappa shape index (κ3) is 2.80. The normalized spacial score (nSPS) is 26.4. The van der Waals surface area contributed by atoms with Gasteiger partial charge >= 0.3 is 0 Å². The molecule has 0 radical (unpaired) electrons. The Balaban J connectivity index is 2.42. The lowest BCUT2D eigenvalue weighted by molar-refractivity contribution is 0.553. The fourth-order valence-corrected chi connectivity index (χ4v) is 6.99. The van der Waals surface area contributed by atoms with E-state index in [1.54, 1.807) is 0 Å². The van der Waals surface area contributed by atoms with E-state index in [2.05, 4.69) is 5.32 Å². The Bertz CT molecular complexity index is 667. The highest BCUT2D eigenvalue weighted by Crippen LogP contribution is 2.25. The van der Waals surface area contributed by atoms with Crippen molar-refractivity contribution in [2.75, 3.05) is 18.6 Å². The van der Waals surface area contributed by atoms with Gasteiger partial charge in [0.25, 0.3) is 0 Å². The molecule has 1 aliphatic heterocycles. The summed E-state index contributed by atoms with van der Waals surface area (Å²) in [4.78, 5) is -0.0590. The van der Waals surface area contributed by atoms with Crippen LogP contribution in [0.1, 0.15) is 0 Å². The lowest BCUT2D eigenvalue weighted by Crippen LogP contribution is -2.41. The summed E-state index contributed by atoms with van der Waals surface area (Å²) in [5, 5.41) is 1.69. The lowest BCUT2D eigenvalue weighted by Gasteiger charge is -2.17. The van der Waals surface area contributed by atoms with Crippen molar-refractivity contribution in [2.45, 2.75) is 16.2 Å². The van der Waals surface area contributed by atoms with Crippen molar-refractivity contribution in [3.8, 4) is 0 Å². The van der Waals surface area contributed by atoms with Crippen LogP contribution in [-0.4, -0.2) is 46.7 Å². The van der Waals surface area contributed by atoms with E-state index in [9.17, 15) is 21.2 Å². The molecule has 0 saturated carbocycles. The Morgan fingerprint density at radius 1 is 1.21 bits per heavy atom. The van der Waals surface area contributed by atoms with Crippen LogP contribution in [0, 0.1) is 5.82 Å². The number of halogens is 1. The summed E-state index contributed by atoms with van der Waals surface area (Å²) >= 11 is 0. The van der Waals surface area contributed by atoms with Crippen molar-refractivity contribution in [2.24, 2.45) is 0 Å². The average Bonchev–Trinajstić information content (AvgIpc) is 2.66. The molecule has 1 saturated heterocycles. The first-order valence-corrected chi connectivity index (χ1v) is 9.00. The second-order valence-corrected chi connectivity index (χ2v) is 8.83. The number of hydrogen-bond acceptors (Lipinski definition) is 5. The number of rotatable bonds is 3. The zero-order valence-electron chi connectivity index (χ0n) is 10.2. The molecule has 2 atom stereocenters. The molecule has 1 fully saturated rings. The smallest absolute Gasteiger partial charge is 0.183 e. The first-order valence-electron chi connectivity index (χ1n) is 5.63. The topological polar surface area (TPSA) is 80.3 Å². The van der Waals surface area contributed by atoms with Crippen molar-refractivity contribution >= 4 is 19.7 Å². The predicted molar refractivity (Wildman–Crippen MR) is 68.9 cm³/mol. The van der Waals surface area contributed by atoms with Crippen molar-refractivity contribution in [1.29, 1.82) is 0 Å². The summed E-state index contributed by atoms with van der Waals surface area (Å²) in [6.07, 6.45) is 0. The highest BCUT2D eigenvalue weighted by atomic mass is 32.2. The molecule has 0 aliphatic carbocycles. The van der Waals surface area contributed by atoms with Gasteiger partial charge < -0.3 is 5.32 Å². The number of nitrogens with one attached hydrogen (secondary N) is 1. The van der Waals surface area contributed by atoms with Crippen LogP contribution in [0.25, 0.3) is 0 Å². The quantitative estimate of drug-likeness (QED) is 0.794. The SMILES string of the molecule is CN[C@@H]1CS(=O)(=O)C[C@H]1S(=O)(=O)c1ccc(F)cc1. The summed E-state index contributed by atoms with van der Waals surface area (Å²) in [5.41, 5.74) is 0. The van der Waals surface area contributed by atoms with E-state index in [1.165, 1.54) is 7.05 Å². The number of hydrogen-bond donors (Lipinski definition) is 1. The van der Waals surface area contributed by atoms with Crippen LogP contribution >= 0.6 is 0 Å². The molecule has 1 N–H and O–H groups in total. The minimum Gasteiger partial charge on any atom is -0.315 e. The van der Waals surface area contributed by atoms with E-state index in [0.717, 1.165) is 24.3 Å². The van der Waals surface area contributed by atoms with Crippen molar-refractivity contribution in [3.05, 3.63) is 30.1 Å². The van der Waals surface area contributed by atoms with Gasteiger partial charge in [-0.15, -0.1) is 0 Å². The molecular formula is C11H14FNO4S2. The Labute approximate surface area is 111 Å². The lowest BCUT2D eigenvalue weighted by atomic mass is 10.3. The van der Waals surface area contributed by atoms with E-state index < -0.39 is 42.5 Å². The van der Waals surface area contributed by atoms with Gasteiger partial charge in [-0.05, 0) is 31.3 Å². The largest absolute Gasteiger partial charge is 0.315 e. The van der Waals surface area contributed by atoms with E-state index in [-0.39, 0.29) is 10.6 Å². The molecule has 0 bridgehead atoms. The van der Waals surface area contributed by atoms with E-state index in [0.29, 0.717) is 0 Å². The molecule has 19 heavy (non-hydrogen) atoms. The predicted octanol–water partition coefficient (Wildman–Crippen LogP) is -0.0156. The van der Waals surface area contributed by atoms with Gasteiger partial charge in [0.05, 0.1) is 21.7 Å². The van der Waals surface area contributed by atoms with Crippen LogP contribution in [0.15, 0.2) is 29.2 Å². The Morgan fingerprint density at radius 2 is 1.79 bits per heavy atom. The third-order valence-corrected chi connectivity index (χ3v) is 7.38. The molecule has 1 aromatic carbocycles. The molecule has 1 aromatic rings. The molecule has 5 nitrogen and oxygen atoms in total. The number of benzene rings is 1. The summed E-state index contributed by atoms with van der Waals surface area (Å²) < 4.78 is 60.7. The fourth-order valence-electron chi connectivity index (χ4n) is 2.19. The van der Waals surface area contributed by atoms with E-state index in [1.807, 2.05) is 0 Å². The zero-order chi connectivity index (χ0) is 14.3. The third-order valence-electron chi connectivity index (χ3n) is 3.21. The Kier molecular flexibility index (Phi) is 3.67. The minimum absolute atomic E-state index is 0.0590. The molecule has 0 unspecified atom stereocenters. The second kappa shape index (κ2) is 4.84. The molecular weight excluding hydrogens is 293 g/mol. The van der Waals surface area contributed by atoms with Crippen molar-refractivity contribution in [1.82, 2.24) is 5.32 Å². The maximum Gasteiger partial charge on any atom is 0.183 e. The van der Waals surface area contributed by atoms with Crippen LogP contribution in [0.4, 0.5) is 4.39 Å².